The average molecular weight is 235 g/mol. The quantitative estimate of drug-likeness (QED) is 0.699. The van der Waals surface area contributed by atoms with E-state index in [2.05, 4.69) is 22.2 Å². The van der Waals surface area contributed by atoms with E-state index in [0.717, 1.165) is 17.9 Å². The first-order valence-corrected chi connectivity index (χ1v) is 5.92. The Kier molecular flexibility index (Phi) is 2.88. The first-order valence-electron chi connectivity index (χ1n) is 5.92. The summed E-state index contributed by atoms with van der Waals surface area (Å²) in [5.41, 5.74) is 2.26. The summed E-state index contributed by atoms with van der Waals surface area (Å²) in [5.74, 6) is 0.838. The monoisotopic (exact) mass is 235 g/mol. The fourth-order valence-electron chi connectivity index (χ4n) is 1.86. The van der Waals surface area contributed by atoms with Gasteiger partial charge in [-0.2, -0.15) is 5.10 Å². The van der Waals surface area contributed by atoms with Crippen LogP contribution in [0.4, 0.5) is 0 Å². The summed E-state index contributed by atoms with van der Waals surface area (Å²) in [6.45, 7) is 0. The summed E-state index contributed by atoms with van der Waals surface area (Å²) < 4.78 is 1.80. The Morgan fingerprint density at radius 3 is 2.22 bits per heavy atom. The van der Waals surface area contributed by atoms with Gasteiger partial charge in [-0.15, -0.1) is 0 Å². The SMILES string of the molecule is c1ccc(Cc2ncn(-c3ccccc3)n2)cc1. The van der Waals surface area contributed by atoms with Gasteiger partial charge in [0.15, 0.2) is 5.82 Å². The van der Waals surface area contributed by atoms with Gasteiger partial charge in [0.05, 0.1) is 5.69 Å². The molecule has 3 aromatic rings. The van der Waals surface area contributed by atoms with Crippen LogP contribution < -0.4 is 0 Å². The predicted octanol–water partition coefficient (Wildman–Crippen LogP) is 2.86. The molecular weight excluding hydrogens is 222 g/mol. The summed E-state index contributed by atoms with van der Waals surface area (Å²) >= 11 is 0. The van der Waals surface area contributed by atoms with E-state index in [1.165, 1.54) is 5.56 Å². The van der Waals surface area contributed by atoms with E-state index in [1.54, 1.807) is 11.0 Å². The van der Waals surface area contributed by atoms with Gasteiger partial charge in [0.2, 0.25) is 0 Å². The van der Waals surface area contributed by atoms with Crippen molar-refractivity contribution in [3.05, 3.63) is 78.4 Å². The molecule has 3 rings (SSSR count). The maximum Gasteiger partial charge on any atom is 0.155 e. The van der Waals surface area contributed by atoms with Gasteiger partial charge in [-0.3, -0.25) is 0 Å². The van der Waals surface area contributed by atoms with Gasteiger partial charge in [0.1, 0.15) is 6.33 Å². The van der Waals surface area contributed by atoms with Crippen LogP contribution >= 0.6 is 0 Å². The fraction of sp³-hybridized carbons (Fsp3) is 0.0667. The van der Waals surface area contributed by atoms with E-state index in [0.29, 0.717) is 0 Å². The Morgan fingerprint density at radius 1 is 0.833 bits per heavy atom. The Balaban J connectivity index is 1.82. The smallest absolute Gasteiger partial charge is 0.155 e. The van der Waals surface area contributed by atoms with Crippen molar-refractivity contribution in [3.63, 3.8) is 0 Å². The van der Waals surface area contributed by atoms with Crippen molar-refractivity contribution in [2.75, 3.05) is 0 Å². The van der Waals surface area contributed by atoms with Gasteiger partial charge in [-0.25, -0.2) is 9.67 Å². The molecule has 0 aliphatic heterocycles. The third-order valence-corrected chi connectivity index (χ3v) is 2.77. The summed E-state index contributed by atoms with van der Waals surface area (Å²) in [6.07, 6.45) is 2.52. The predicted molar refractivity (Wildman–Crippen MR) is 70.6 cm³/mol. The Hall–Kier alpha value is -2.42. The standard InChI is InChI=1S/C15H13N3/c1-3-7-13(8-4-1)11-15-16-12-18(17-15)14-9-5-2-6-10-14/h1-10,12H,11H2. The normalized spacial score (nSPS) is 10.4. The zero-order chi connectivity index (χ0) is 12.2. The number of hydrogen-bond acceptors (Lipinski definition) is 2. The van der Waals surface area contributed by atoms with Gasteiger partial charge < -0.3 is 0 Å². The van der Waals surface area contributed by atoms with Gasteiger partial charge in [0.25, 0.3) is 0 Å². The molecule has 0 atom stereocenters. The Labute approximate surface area is 106 Å². The molecule has 88 valence electrons. The largest absolute Gasteiger partial charge is 0.221 e. The van der Waals surface area contributed by atoms with Crippen molar-refractivity contribution in [3.8, 4) is 5.69 Å². The lowest BCUT2D eigenvalue weighted by Crippen LogP contribution is -1.96. The van der Waals surface area contributed by atoms with Gasteiger partial charge >= 0.3 is 0 Å². The van der Waals surface area contributed by atoms with Crippen molar-refractivity contribution >= 4 is 0 Å². The molecule has 3 heteroatoms. The minimum absolute atomic E-state index is 0.765. The molecule has 3 nitrogen and oxygen atoms in total. The van der Waals surface area contributed by atoms with E-state index in [-0.39, 0.29) is 0 Å². The molecule has 0 aliphatic rings. The molecule has 1 aromatic heterocycles. The van der Waals surface area contributed by atoms with Crippen LogP contribution in [0.2, 0.25) is 0 Å². The molecule has 0 bridgehead atoms. The Morgan fingerprint density at radius 2 is 1.50 bits per heavy atom. The lowest BCUT2D eigenvalue weighted by atomic mass is 10.1. The first kappa shape index (κ1) is 10.7. The molecular formula is C15H13N3. The Bertz CT molecular complexity index is 615. The van der Waals surface area contributed by atoms with Gasteiger partial charge in [-0.05, 0) is 17.7 Å². The molecule has 0 saturated carbocycles. The molecule has 0 saturated heterocycles. The zero-order valence-corrected chi connectivity index (χ0v) is 9.90. The number of aromatic nitrogens is 3. The minimum atomic E-state index is 0.765. The lowest BCUT2D eigenvalue weighted by molar-refractivity contribution is 0.847. The van der Waals surface area contributed by atoms with Crippen LogP contribution in [0.15, 0.2) is 67.0 Å². The molecule has 18 heavy (non-hydrogen) atoms. The molecule has 2 aromatic carbocycles. The van der Waals surface area contributed by atoms with E-state index in [4.69, 9.17) is 0 Å². The third-order valence-electron chi connectivity index (χ3n) is 2.77. The molecule has 0 spiro atoms. The van der Waals surface area contributed by atoms with Crippen LogP contribution in [-0.4, -0.2) is 14.8 Å². The summed E-state index contributed by atoms with van der Waals surface area (Å²) in [6, 6.07) is 20.3. The number of rotatable bonds is 3. The second-order valence-electron chi connectivity index (χ2n) is 4.10. The second-order valence-corrected chi connectivity index (χ2v) is 4.10. The van der Waals surface area contributed by atoms with Crippen molar-refractivity contribution in [2.45, 2.75) is 6.42 Å². The second kappa shape index (κ2) is 4.84. The summed E-state index contributed by atoms with van der Waals surface area (Å²) in [4.78, 5) is 4.34. The van der Waals surface area contributed by atoms with Crippen LogP contribution in [0, 0.1) is 0 Å². The highest BCUT2D eigenvalue weighted by Gasteiger charge is 2.03. The number of nitrogens with zero attached hydrogens (tertiary/aromatic N) is 3. The molecule has 0 radical (unpaired) electrons. The van der Waals surface area contributed by atoms with E-state index < -0.39 is 0 Å². The van der Waals surface area contributed by atoms with Crippen molar-refractivity contribution < 1.29 is 0 Å². The molecule has 0 amide bonds. The lowest BCUT2D eigenvalue weighted by Gasteiger charge is -1.98. The topological polar surface area (TPSA) is 30.7 Å². The molecule has 0 unspecified atom stereocenters. The van der Waals surface area contributed by atoms with Crippen LogP contribution in [0.1, 0.15) is 11.4 Å². The zero-order valence-electron chi connectivity index (χ0n) is 9.90. The van der Waals surface area contributed by atoms with Gasteiger partial charge in [-0.1, -0.05) is 48.5 Å². The first-order chi connectivity index (χ1) is 8.92. The molecule has 0 N–H and O–H groups in total. The summed E-state index contributed by atoms with van der Waals surface area (Å²) in [7, 11) is 0. The highest BCUT2D eigenvalue weighted by Crippen LogP contribution is 2.08. The van der Waals surface area contributed by atoms with E-state index >= 15 is 0 Å². The molecule has 0 fully saturated rings. The van der Waals surface area contributed by atoms with Gasteiger partial charge in [0, 0.05) is 6.42 Å². The average Bonchev–Trinajstić information content (AvgIpc) is 2.89. The van der Waals surface area contributed by atoms with Crippen molar-refractivity contribution in [1.82, 2.24) is 14.8 Å². The maximum absolute atomic E-state index is 4.48. The fourth-order valence-corrected chi connectivity index (χ4v) is 1.86. The highest BCUT2D eigenvalue weighted by atomic mass is 15.3. The number of benzene rings is 2. The third kappa shape index (κ3) is 2.30. The van der Waals surface area contributed by atoms with Crippen LogP contribution in [-0.2, 0) is 6.42 Å². The van der Waals surface area contributed by atoms with Crippen LogP contribution in [0.3, 0.4) is 0 Å². The summed E-state index contributed by atoms with van der Waals surface area (Å²) in [5, 5.41) is 4.48. The molecule has 1 heterocycles. The van der Waals surface area contributed by atoms with Crippen molar-refractivity contribution in [2.24, 2.45) is 0 Å². The van der Waals surface area contributed by atoms with Crippen LogP contribution in [0.5, 0.6) is 0 Å². The number of para-hydroxylation sites is 1. The molecule has 0 aliphatic carbocycles. The highest BCUT2D eigenvalue weighted by molar-refractivity contribution is 5.29. The number of hydrogen-bond donors (Lipinski definition) is 0. The maximum atomic E-state index is 4.48. The van der Waals surface area contributed by atoms with Crippen LogP contribution in [0.25, 0.3) is 5.69 Å². The van der Waals surface area contributed by atoms with Crippen molar-refractivity contribution in [1.29, 1.82) is 0 Å². The van der Waals surface area contributed by atoms with E-state index in [1.807, 2.05) is 48.5 Å². The minimum Gasteiger partial charge on any atom is -0.221 e. The van der Waals surface area contributed by atoms with E-state index in [9.17, 15) is 0 Å².